The molecule has 0 spiro atoms. The summed E-state index contributed by atoms with van der Waals surface area (Å²) in [5.74, 6) is 0.735. The molecule has 2 atom stereocenters. The van der Waals surface area contributed by atoms with Crippen LogP contribution < -0.4 is 0 Å². The summed E-state index contributed by atoms with van der Waals surface area (Å²) in [6.07, 6.45) is 5.22. The molecule has 0 unspecified atom stereocenters. The van der Waals surface area contributed by atoms with Gasteiger partial charge in [0.2, 0.25) is 0 Å². The first kappa shape index (κ1) is 12.9. The zero-order chi connectivity index (χ0) is 14.4. The van der Waals surface area contributed by atoms with Crippen molar-refractivity contribution in [3.05, 3.63) is 58.9 Å². The number of halogens is 1. The molecule has 3 heterocycles. The summed E-state index contributed by atoms with van der Waals surface area (Å²) in [6.45, 7) is 2.61. The molecule has 3 nitrogen and oxygen atoms in total. The highest BCUT2D eigenvalue weighted by molar-refractivity contribution is 5.29. The molecule has 1 aromatic carbocycles. The zero-order valence-electron chi connectivity index (χ0n) is 12.1. The van der Waals surface area contributed by atoms with Crippen LogP contribution in [-0.2, 0) is 13.0 Å². The van der Waals surface area contributed by atoms with Crippen molar-refractivity contribution in [3.63, 3.8) is 0 Å². The van der Waals surface area contributed by atoms with Gasteiger partial charge < -0.3 is 0 Å². The predicted octanol–water partition coefficient (Wildman–Crippen LogP) is 3.19. The van der Waals surface area contributed by atoms with E-state index in [1.54, 1.807) is 12.1 Å². The summed E-state index contributed by atoms with van der Waals surface area (Å²) in [5.41, 5.74) is 3.22. The quantitative estimate of drug-likeness (QED) is 0.847. The molecule has 4 heteroatoms. The number of hydrogen-bond donors (Lipinski definition) is 0. The van der Waals surface area contributed by atoms with Gasteiger partial charge in [0.05, 0.1) is 5.69 Å². The minimum atomic E-state index is -0.108. The molecule has 4 rings (SSSR count). The van der Waals surface area contributed by atoms with Crippen molar-refractivity contribution in [2.24, 2.45) is 0 Å². The summed E-state index contributed by atoms with van der Waals surface area (Å²) in [7, 11) is 0. The van der Waals surface area contributed by atoms with E-state index in [9.17, 15) is 4.39 Å². The molecule has 2 aliphatic rings. The Bertz CT molecular complexity index is 685. The molecule has 1 saturated heterocycles. The molecule has 0 saturated carbocycles. The summed E-state index contributed by atoms with van der Waals surface area (Å²) in [6, 6.07) is 7.91. The van der Waals surface area contributed by atoms with Crippen molar-refractivity contribution < 1.29 is 4.39 Å². The fourth-order valence-corrected chi connectivity index (χ4v) is 3.74. The first-order chi connectivity index (χ1) is 10.2. The van der Waals surface area contributed by atoms with E-state index in [1.165, 1.54) is 11.3 Å². The maximum atomic E-state index is 13.9. The van der Waals surface area contributed by atoms with Crippen LogP contribution in [0.15, 0.2) is 30.5 Å². The largest absolute Gasteiger partial charge is 0.289 e. The summed E-state index contributed by atoms with van der Waals surface area (Å²) in [5, 5.41) is 0. The van der Waals surface area contributed by atoms with Gasteiger partial charge in [0.15, 0.2) is 0 Å². The van der Waals surface area contributed by atoms with Crippen molar-refractivity contribution in [2.45, 2.75) is 44.8 Å². The van der Waals surface area contributed by atoms with E-state index in [-0.39, 0.29) is 5.82 Å². The third kappa shape index (κ3) is 2.14. The standard InChI is InChI=1S/C17H18FN3/c1-11-19-9-14-16(20-11)8-13-6-7-17(14)21(13)10-12-4-2-3-5-15(12)18/h2-5,9,13,17H,6-8,10H2,1H3/t13-,17+/m0/s1. The van der Waals surface area contributed by atoms with Crippen molar-refractivity contribution in [3.8, 4) is 0 Å². The van der Waals surface area contributed by atoms with Crippen LogP contribution in [0, 0.1) is 12.7 Å². The van der Waals surface area contributed by atoms with E-state index in [0.717, 1.165) is 30.7 Å². The maximum absolute atomic E-state index is 13.9. The molecule has 2 bridgehead atoms. The highest BCUT2D eigenvalue weighted by Crippen LogP contribution is 2.43. The minimum absolute atomic E-state index is 0.108. The van der Waals surface area contributed by atoms with Crippen LogP contribution in [0.1, 0.15) is 41.5 Å². The second-order valence-corrected chi connectivity index (χ2v) is 6.03. The Morgan fingerprint density at radius 1 is 1.29 bits per heavy atom. The molecule has 0 amide bonds. The molecule has 1 aromatic heterocycles. The number of hydrogen-bond acceptors (Lipinski definition) is 3. The monoisotopic (exact) mass is 283 g/mol. The van der Waals surface area contributed by atoms with Gasteiger partial charge in [-0.3, -0.25) is 4.90 Å². The van der Waals surface area contributed by atoms with Gasteiger partial charge in [-0.1, -0.05) is 18.2 Å². The second kappa shape index (κ2) is 4.88. The summed E-state index contributed by atoms with van der Waals surface area (Å²) >= 11 is 0. The third-order valence-electron chi connectivity index (χ3n) is 4.76. The molecule has 0 aliphatic carbocycles. The topological polar surface area (TPSA) is 29.0 Å². The molecule has 0 radical (unpaired) electrons. The lowest BCUT2D eigenvalue weighted by Crippen LogP contribution is -2.37. The van der Waals surface area contributed by atoms with E-state index >= 15 is 0 Å². The van der Waals surface area contributed by atoms with Crippen LogP contribution in [-0.4, -0.2) is 20.9 Å². The van der Waals surface area contributed by atoms with Gasteiger partial charge in [-0.15, -0.1) is 0 Å². The van der Waals surface area contributed by atoms with Crippen LogP contribution in [0.25, 0.3) is 0 Å². The van der Waals surface area contributed by atoms with E-state index in [0.29, 0.717) is 18.6 Å². The zero-order valence-corrected chi connectivity index (χ0v) is 12.1. The van der Waals surface area contributed by atoms with Crippen LogP contribution >= 0.6 is 0 Å². The smallest absolute Gasteiger partial charge is 0.127 e. The highest BCUT2D eigenvalue weighted by atomic mass is 19.1. The Morgan fingerprint density at radius 2 is 2.14 bits per heavy atom. The Kier molecular flexibility index (Phi) is 3.00. The number of aryl methyl sites for hydroxylation is 1. The molecule has 108 valence electrons. The lowest BCUT2D eigenvalue weighted by Gasteiger charge is -2.35. The Hall–Kier alpha value is -1.81. The number of aromatic nitrogens is 2. The maximum Gasteiger partial charge on any atom is 0.127 e. The molecular formula is C17H18FN3. The van der Waals surface area contributed by atoms with Crippen molar-refractivity contribution >= 4 is 0 Å². The van der Waals surface area contributed by atoms with E-state index in [1.807, 2.05) is 25.3 Å². The minimum Gasteiger partial charge on any atom is -0.289 e. The van der Waals surface area contributed by atoms with E-state index < -0.39 is 0 Å². The summed E-state index contributed by atoms with van der Waals surface area (Å²) in [4.78, 5) is 11.4. The highest BCUT2D eigenvalue weighted by Gasteiger charge is 2.40. The Morgan fingerprint density at radius 3 is 3.00 bits per heavy atom. The molecule has 0 N–H and O–H groups in total. The van der Waals surface area contributed by atoms with Gasteiger partial charge in [-0.2, -0.15) is 0 Å². The molecule has 2 aliphatic heterocycles. The normalized spacial score (nSPS) is 24.1. The average molecular weight is 283 g/mol. The average Bonchev–Trinajstić information content (AvgIpc) is 2.75. The van der Waals surface area contributed by atoms with Crippen LogP contribution in [0.5, 0.6) is 0 Å². The third-order valence-corrected chi connectivity index (χ3v) is 4.76. The van der Waals surface area contributed by atoms with Crippen molar-refractivity contribution in [1.82, 2.24) is 14.9 Å². The number of benzene rings is 1. The first-order valence-corrected chi connectivity index (χ1v) is 7.54. The lowest BCUT2D eigenvalue weighted by atomic mass is 9.98. The second-order valence-electron chi connectivity index (χ2n) is 6.03. The molecule has 1 fully saturated rings. The van der Waals surface area contributed by atoms with Crippen LogP contribution in [0.4, 0.5) is 4.39 Å². The number of nitrogens with zero attached hydrogens (tertiary/aromatic N) is 3. The van der Waals surface area contributed by atoms with Crippen molar-refractivity contribution in [1.29, 1.82) is 0 Å². The van der Waals surface area contributed by atoms with Gasteiger partial charge >= 0.3 is 0 Å². The van der Waals surface area contributed by atoms with E-state index in [2.05, 4.69) is 14.9 Å². The molecular weight excluding hydrogens is 265 g/mol. The Balaban J connectivity index is 1.67. The van der Waals surface area contributed by atoms with Crippen LogP contribution in [0.3, 0.4) is 0 Å². The fourth-order valence-electron chi connectivity index (χ4n) is 3.74. The summed E-state index contributed by atoms with van der Waals surface area (Å²) < 4.78 is 13.9. The fraction of sp³-hybridized carbons (Fsp3) is 0.412. The molecule has 2 aromatic rings. The molecule has 21 heavy (non-hydrogen) atoms. The van der Waals surface area contributed by atoms with Gasteiger partial charge in [0.1, 0.15) is 11.6 Å². The van der Waals surface area contributed by atoms with Gasteiger partial charge in [0, 0.05) is 42.4 Å². The van der Waals surface area contributed by atoms with Gasteiger partial charge in [-0.25, -0.2) is 14.4 Å². The SMILES string of the molecule is Cc1ncc2c(n1)C[C@@H]1CC[C@H]2N1Cc1ccccc1F. The first-order valence-electron chi connectivity index (χ1n) is 7.54. The number of fused-ring (bicyclic) bond motifs is 4. The van der Waals surface area contributed by atoms with Gasteiger partial charge in [0.25, 0.3) is 0 Å². The van der Waals surface area contributed by atoms with E-state index in [4.69, 9.17) is 0 Å². The van der Waals surface area contributed by atoms with Crippen molar-refractivity contribution in [2.75, 3.05) is 0 Å². The van der Waals surface area contributed by atoms with Gasteiger partial charge in [-0.05, 0) is 25.8 Å². The lowest BCUT2D eigenvalue weighted by molar-refractivity contribution is 0.164. The van der Waals surface area contributed by atoms with Crippen LogP contribution in [0.2, 0.25) is 0 Å². The predicted molar refractivity (Wildman–Crippen MR) is 78.2 cm³/mol. The number of rotatable bonds is 2. The Labute approximate surface area is 123 Å².